The van der Waals surface area contributed by atoms with Crippen LogP contribution in [0.25, 0.3) is 0 Å². The van der Waals surface area contributed by atoms with E-state index < -0.39 is 7.82 Å². The summed E-state index contributed by atoms with van der Waals surface area (Å²) in [5.74, 6) is -0.346. The smallest absolute Gasteiger partial charge is 0.267 e. The van der Waals surface area contributed by atoms with Crippen LogP contribution >= 0.6 is 7.82 Å². The molecule has 0 aliphatic carbocycles. The Balaban J connectivity index is 0. The van der Waals surface area contributed by atoms with Crippen LogP contribution in [0.3, 0.4) is 0 Å². The zero-order valence-electron chi connectivity index (χ0n) is 21.1. The van der Waals surface area contributed by atoms with E-state index in [0.29, 0.717) is 72.1 Å². The third kappa shape index (κ3) is 24.5. The van der Waals surface area contributed by atoms with Crippen LogP contribution in [0.1, 0.15) is 39.5 Å². The van der Waals surface area contributed by atoms with Crippen LogP contribution in [0.2, 0.25) is 0 Å². The van der Waals surface area contributed by atoms with Crippen LogP contribution in [0, 0.1) is 0 Å². The van der Waals surface area contributed by atoms with Crippen molar-refractivity contribution >= 4 is 19.6 Å². The molecule has 0 spiro atoms. The van der Waals surface area contributed by atoms with Gasteiger partial charge in [0.25, 0.3) is 7.82 Å². The van der Waals surface area contributed by atoms with Crippen molar-refractivity contribution in [2.75, 3.05) is 87.3 Å². The Kier molecular flexibility index (Phi) is 26.2. The van der Waals surface area contributed by atoms with Crippen molar-refractivity contribution in [3.05, 3.63) is 0 Å². The van der Waals surface area contributed by atoms with Crippen LogP contribution in [-0.4, -0.2) is 105 Å². The molecule has 0 aromatic carbocycles. The van der Waals surface area contributed by atoms with E-state index in [2.05, 4.69) is 19.7 Å². The SMILES string of the molecule is C.COCCOCC(COCCCNC(=O)CCCC(=O)NCCCOP(=O)([O-])OC)OCCOC. The fraction of sp³-hybridized carbons (Fsp3) is 0.909. The highest BCUT2D eigenvalue weighted by Crippen LogP contribution is 2.36. The molecule has 0 radical (unpaired) electrons. The van der Waals surface area contributed by atoms with Gasteiger partial charge in [0.05, 0.1) is 46.2 Å². The molecule has 2 unspecified atom stereocenters. The molecule has 0 aromatic rings. The number of phosphoric ester groups is 1. The Morgan fingerprint density at radius 3 is 1.86 bits per heavy atom. The fourth-order valence-electron chi connectivity index (χ4n) is 2.53. The van der Waals surface area contributed by atoms with Crippen LogP contribution in [-0.2, 0) is 46.9 Å². The first-order chi connectivity index (χ1) is 16.8. The molecule has 0 saturated heterocycles. The average Bonchev–Trinajstić information content (AvgIpc) is 2.83. The minimum absolute atomic E-state index is 0. The maximum Gasteiger partial charge on any atom is 0.267 e. The van der Waals surface area contributed by atoms with Gasteiger partial charge in [-0.1, -0.05) is 7.43 Å². The summed E-state index contributed by atoms with van der Waals surface area (Å²) in [7, 11) is -0.00495. The fourth-order valence-corrected chi connectivity index (χ4v) is 2.99. The van der Waals surface area contributed by atoms with Crippen molar-refractivity contribution in [1.29, 1.82) is 0 Å². The zero-order valence-corrected chi connectivity index (χ0v) is 22.0. The Labute approximate surface area is 215 Å². The van der Waals surface area contributed by atoms with Gasteiger partial charge in [0.15, 0.2) is 0 Å². The van der Waals surface area contributed by atoms with Crippen LogP contribution in [0.15, 0.2) is 0 Å². The van der Waals surface area contributed by atoms with Gasteiger partial charge in [-0.25, -0.2) is 0 Å². The van der Waals surface area contributed by atoms with Crippen LogP contribution in [0.5, 0.6) is 0 Å². The quantitative estimate of drug-likeness (QED) is 0.122. The van der Waals surface area contributed by atoms with E-state index >= 15 is 0 Å². The van der Waals surface area contributed by atoms with Crippen LogP contribution in [0.4, 0.5) is 0 Å². The number of hydrogen-bond donors (Lipinski definition) is 2. The molecule has 0 fully saturated rings. The van der Waals surface area contributed by atoms with Gasteiger partial charge in [0.1, 0.15) is 6.10 Å². The van der Waals surface area contributed by atoms with Gasteiger partial charge in [-0.3, -0.25) is 14.2 Å². The predicted octanol–water partition coefficient (Wildman–Crippen LogP) is 0.648. The van der Waals surface area contributed by atoms with E-state index in [0.717, 1.165) is 7.11 Å². The molecule has 2 amide bonds. The number of phosphoric acid groups is 1. The van der Waals surface area contributed by atoms with Gasteiger partial charge in [0.2, 0.25) is 11.8 Å². The second kappa shape index (κ2) is 25.5. The first-order valence-corrected chi connectivity index (χ1v) is 13.1. The minimum Gasteiger partial charge on any atom is -0.756 e. The standard InChI is InChI=1S/C21H43N2O11P.CH4/c1-28-13-15-32-18-19(33-16-14-29-2)17-31-11-5-9-22-20(24)7-4-8-21(25)23-10-6-12-34-35(26,27)30-3;/h19H,4-18H2,1-3H3,(H,22,24)(H,23,25)(H,26,27);1H4/p-1. The maximum atomic E-state index is 11.9. The van der Waals surface area contributed by atoms with Crippen molar-refractivity contribution in [3.63, 3.8) is 0 Å². The van der Waals surface area contributed by atoms with Crippen molar-refractivity contribution in [3.8, 4) is 0 Å². The number of rotatable bonds is 25. The molecule has 0 saturated carbocycles. The Morgan fingerprint density at radius 2 is 1.31 bits per heavy atom. The van der Waals surface area contributed by atoms with Gasteiger partial charge < -0.3 is 48.3 Å². The number of ether oxygens (including phenoxy) is 5. The van der Waals surface area contributed by atoms with Gasteiger partial charge in [0, 0.05) is 53.9 Å². The second-order valence-corrected chi connectivity index (χ2v) is 8.87. The lowest BCUT2D eigenvalue weighted by atomic mass is 10.2. The molecule has 0 aliphatic heterocycles. The van der Waals surface area contributed by atoms with Crippen molar-refractivity contribution in [2.45, 2.75) is 45.6 Å². The molecule has 2 N–H and O–H groups in total. The van der Waals surface area contributed by atoms with Crippen molar-refractivity contribution < 1.29 is 51.8 Å². The lowest BCUT2D eigenvalue weighted by Crippen LogP contribution is -2.29. The molecule has 216 valence electrons. The van der Waals surface area contributed by atoms with Gasteiger partial charge in [-0.15, -0.1) is 0 Å². The summed E-state index contributed by atoms with van der Waals surface area (Å²) in [4.78, 5) is 34.6. The molecule has 36 heavy (non-hydrogen) atoms. The van der Waals surface area contributed by atoms with E-state index in [1.807, 2.05) is 0 Å². The molecule has 0 aromatic heterocycles. The maximum absolute atomic E-state index is 11.9. The van der Waals surface area contributed by atoms with Gasteiger partial charge in [-0.05, 0) is 19.3 Å². The predicted molar refractivity (Wildman–Crippen MR) is 132 cm³/mol. The highest BCUT2D eigenvalue weighted by molar-refractivity contribution is 7.45. The summed E-state index contributed by atoms with van der Waals surface area (Å²) >= 11 is 0. The first-order valence-electron chi connectivity index (χ1n) is 11.6. The number of carbonyl (C=O) groups is 2. The van der Waals surface area contributed by atoms with Gasteiger partial charge in [-0.2, -0.15) is 0 Å². The summed E-state index contributed by atoms with van der Waals surface area (Å²) in [5.41, 5.74) is 0. The lowest BCUT2D eigenvalue weighted by molar-refractivity contribution is -0.222. The number of amides is 2. The summed E-state index contributed by atoms with van der Waals surface area (Å²) in [6, 6.07) is 0. The molecular weight excluding hydrogens is 499 g/mol. The zero-order chi connectivity index (χ0) is 26.2. The van der Waals surface area contributed by atoms with Crippen LogP contribution < -0.4 is 15.5 Å². The molecule has 2 atom stereocenters. The Bertz CT molecular complexity index is 584. The summed E-state index contributed by atoms with van der Waals surface area (Å²) < 4.78 is 46.4. The summed E-state index contributed by atoms with van der Waals surface area (Å²) in [6.45, 7) is 3.79. The number of carbonyl (C=O) groups excluding carboxylic acids is 2. The minimum atomic E-state index is -4.23. The topological polar surface area (TPSA) is 163 Å². The lowest BCUT2D eigenvalue weighted by Gasteiger charge is -2.19. The number of nitrogens with one attached hydrogen (secondary N) is 2. The molecule has 0 bridgehead atoms. The molecule has 13 nitrogen and oxygen atoms in total. The first kappa shape index (κ1) is 37.0. The van der Waals surface area contributed by atoms with E-state index in [4.69, 9.17) is 23.7 Å². The normalized spacial score (nSPS) is 13.4. The largest absolute Gasteiger partial charge is 0.756 e. The Morgan fingerprint density at radius 1 is 0.778 bits per heavy atom. The molecular formula is C22H46N2O11P-. The molecule has 0 aliphatic rings. The van der Waals surface area contributed by atoms with Crippen molar-refractivity contribution in [1.82, 2.24) is 10.6 Å². The molecule has 0 heterocycles. The van der Waals surface area contributed by atoms with E-state index in [9.17, 15) is 19.0 Å². The van der Waals surface area contributed by atoms with E-state index in [1.165, 1.54) is 0 Å². The van der Waals surface area contributed by atoms with Gasteiger partial charge >= 0.3 is 0 Å². The number of hydrogen-bond acceptors (Lipinski definition) is 11. The van der Waals surface area contributed by atoms with Crippen molar-refractivity contribution in [2.24, 2.45) is 0 Å². The number of methoxy groups -OCH3 is 2. The highest BCUT2D eigenvalue weighted by atomic mass is 31.2. The van der Waals surface area contributed by atoms with E-state index in [1.54, 1.807) is 14.2 Å². The highest BCUT2D eigenvalue weighted by Gasteiger charge is 2.10. The molecule has 14 heteroatoms. The average molecular weight is 546 g/mol. The summed E-state index contributed by atoms with van der Waals surface area (Å²) in [6.07, 6.45) is 1.60. The summed E-state index contributed by atoms with van der Waals surface area (Å²) in [5, 5.41) is 5.43. The molecule has 0 rings (SSSR count). The Hall–Kier alpha value is -1.15. The van der Waals surface area contributed by atoms with E-state index in [-0.39, 0.29) is 51.3 Å². The third-order valence-corrected chi connectivity index (χ3v) is 5.34. The third-order valence-electron chi connectivity index (χ3n) is 4.39. The second-order valence-electron chi connectivity index (χ2n) is 7.35. The monoisotopic (exact) mass is 545 g/mol.